The number of aromatic nitrogens is 2. The SMILES string of the molecule is CCc1ccc([C@@H]2C[C@@H](C)CCN2C(=O)C(=O)Nc2cnn(C)c2)o1. The van der Waals surface area contributed by atoms with Gasteiger partial charge in [-0.25, -0.2) is 0 Å². The molecule has 0 saturated carbocycles. The van der Waals surface area contributed by atoms with Gasteiger partial charge in [-0.15, -0.1) is 0 Å². The molecule has 3 heterocycles. The summed E-state index contributed by atoms with van der Waals surface area (Å²) in [6, 6.07) is 3.66. The standard InChI is InChI=1S/C18H24N4O3/c1-4-14-5-6-16(25-14)15-9-12(2)7-8-22(15)18(24)17(23)20-13-10-19-21(3)11-13/h5-6,10-12,15H,4,7-9H2,1-3H3,(H,20,23)/t12-,15-/m0/s1. The summed E-state index contributed by atoms with van der Waals surface area (Å²) < 4.78 is 7.43. The molecule has 7 nitrogen and oxygen atoms in total. The normalized spacial score (nSPS) is 20.5. The fourth-order valence-corrected chi connectivity index (χ4v) is 3.22. The molecule has 0 unspecified atom stereocenters. The van der Waals surface area contributed by atoms with Crippen LogP contribution in [0.1, 0.15) is 44.3 Å². The number of rotatable bonds is 3. The van der Waals surface area contributed by atoms with E-state index in [1.54, 1.807) is 22.8 Å². The monoisotopic (exact) mass is 344 g/mol. The van der Waals surface area contributed by atoms with Crippen LogP contribution in [0.4, 0.5) is 5.69 Å². The van der Waals surface area contributed by atoms with Crippen molar-refractivity contribution in [3.8, 4) is 0 Å². The number of nitrogens with one attached hydrogen (secondary N) is 1. The van der Waals surface area contributed by atoms with Crippen LogP contribution in [0.3, 0.4) is 0 Å². The van der Waals surface area contributed by atoms with Crippen molar-refractivity contribution in [1.82, 2.24) is 14.7 Å². The first-order valence-corrected chi connectivity index (χ1v) is 8.67. The van der Waals surface area contributed by atoms with Crippen LogP contribution in [0.2, 0.25) is 0 Å². The molecular formula is C18H24N4O3. The highest BCUT2D eigenvalue weighted by molar-refractivity contribution is 6.39. The third kappa shape index (κ3) is 3.75. The van der Waals surface area contributed by atoms with E-state index in [0.29, 0.717) is 18.2 Å². The Hall–Kier alpha value is -2.57. The van der Waals surface area contributed by atoms with Crippen molar-refractivity contribution < 1.29 is 14.0 Å². The highest BCUT2D eigenvalue weighted by Crippen LogP contribution is 2.35. The van der Waals surface area contributed by atoms with E-state index in [-0.39, 0.29) is 6.04 Å². The lowest BCUT2D eigenvalue weighted by Gasteiger charge is -2.36. The van der Waals surface area contributed by atoms with Crippen LogP contribution in [0.5, 0.6) is 0 Å². The van der Waals surface area contributed by atoms with Crippen molar-refractivity contribution in [2.45, 2.75) is 39.2 Å². The molecule has 0 spiro atoms. The highest BCUT2D eigenvalue weighted by Gasteiger charge is 2.35. The number of carbonyl (C=O) groups excluding carboxylic acids is 2. The van der Waals surface area contributed by atoms with Crippen molar-refractivity contribution in [3.63, 3.8) is 0 Å². The van der Waals surface area contributed by atoms with Gasteiger partial charge in [0.05, 0.1) is 17.9 Å². The molecular weight excluding hydrogens is 320 g/mol. The Kier molecular flexibility index (Phi) is 4.92. The minimum Gasteiger partial charge on any atom is -0.464 e. The summed E-state index contributed by atoms with van der Waals surface area (Å²) in [5.74, 6) is 0.946. The van der Waals surface area contributed by atoms with Crippen LogP contribution < -0.4 is 5.32 Å². The maximum atomic E-state index is 12.7. The lowest BCUT2D eigenvalue weighted by Crippen LogP contribution is -2.45. The number of aryl methyl sites for hydroxylation is 2. The topological polar surface area (TPSA) is 80.4 Å². The van der Waals surface area contributed by atoms with Gasteiger partial charge in [-0.2, -0.15) is 5.10 Å². The Morgan fingerprint density at radius 3 is 2.84 bits per heavy atom. The third-order valence-corrected chi connectivity index (χ3v) is 4.64. The Balaban J connectivity index is 1.76. The van der Waals surface area contributed by atoms with Crippen LogP contribution in [0.25, 0.3) is 0 Å². The molecule has 0 aliphatic carbocycles. The molecule has 2 amide bonds. The van der Waals surface area contributed by atoms with Gasteiger partial charge < -0.3 is 14.6 Å². The van der Waals surface area contributed by atoms with Gasteiger partial charge in [-0.05, 0) is 30.9 Å². The third-order valence-electron chi connectivity index (χ3n) is 4.64. The molecule has 2 atom stereocenters. The first-order valence-electron chi connectivity index (χ1n) is 8.67. The van der Waals surface area contributed by atoms with E-state index in [9.17, 15) is 9.59 Å². The molecule has 1 aliphatic heterocycles. The Labute approximate surface area is 147 Å². The first kappa shape index (κ1) is 17.3. The fourth-order valence-electron chi connectivity index (χ4n) is 3.22. The van der Waals surface area contributed by atoms with Crippen molar-refractivity contribution >= 4 is 17.5 Å². The number of likely N-dealkylation sites (tertiary alicyclic amines) is 1. The summed E-state index contributed by atoms with van der Waals surface area (Å²) in [4.78, 5) is 26.7. The zero-order valence-electron chi connectivity index (χ0n) is 14.9. The van der Waals surface area contributed by atoms with E-state index in [0.717, 1.165) is 30.8 Å². The number of anilines is 1. The molecule has 7 heteroatoms. The summed E-state index contributed by atoms with van der Waals surface area (Å²) in [6.07, 6.45) is 5.64. The Morgan fingerprint density at radius 2 is 2.20 bits per heavy atom. The maximum Gasteiger partial charge on any atom is 0.314 e. The summed E-state index contributed by atoms with van der Waals surface area (Å²) in [7, 11) is 1.75. The molecule has 0 radical (unpaired) electrons. The number of furan rings is 1. The van der Waals surface area contributed by atoms with Crippen LogP contribution in [-0.2, 0) is 23.1 Å². The number of carbonyl (C=O) groups is 2. The van der Waals surface area contributed by atoms with Gasteiger partial charge in [0.15, 0.2) is 0 Å². The van der Waals surface area contributed by atoms with Gasteiger partial charge in [-0.3, -0.25) is 14.3 Å². The van der Waals surface area contributed by atoms with Crippen LogP contribution in [-0.4, -0.2) is 33.0 Å². The zero-order valence-corrected chi connectivity index (χ0v) is 14.9. The molecule has 1 aliphatic rings. The lowest BCUT2D eigenvalue weighted by molar-refractivity contribution is -0.146. The van der Waals surface area contributed by atoms with Gasteiger partial charge in [0.1, 0.15) is 11.5 Å². The average molecular weight is 344 g/mol. The predicted molar refractivity (Wildman–Crippen MR) is 92.8 cm³/mol. The molecule has 2 aromatic heterocycles. The van der Waals surface area contributed by atoms with Gasteiger partial charge in [0, 0.05) is 26.2 Å². The highest BCUT2D eigenvalue weighted by atomic mass is 16.3. The van der Waals surface area contributed by atoms with E-state index in [1.807, 2.05) is 19.1 Å². The predicted octanol–water partition coefficient (Wildman–Crippen LogP) is 2.51. The second-order valence-corrected chi connectivity index (χ2v) is 6.66. The quantitative estimate of drug-likeness (QED) is 0.868. The summed E-state index contributed by atoms with van der Waals surface area (Å²) in [5.41, 5.74) is 0.508. The van der Waals surface area contributed by atoms with E-state index in [2.05, 4.69) is 17.3 Å². The van der Waals surface area contributed by atoms with E-state index in [1.165, 1.54) is 6.20 Å². The Morgan fingerprint density at radius 1 is 1.40 bits per heavy atom. The number of hydrogen-bond donors (Lipinski definition) is 1. The van der Waals surface area contributed by atoms with Gasteiger partial charge >= 0.3 is 11.8 Å². The minimum absolute atomic E-state index is 0.198. The molecule has 0 bridgehead atoms. The molecule has 1 fully saturated rings. The number of hydrogen-bond acceptors (Lipinski definition) is 4. The van der Waals surface area contributed by atoms with Crippen molar-refractivity contribution in [2.75, 3.05) is 11.9 Å². The second kappa shape index (κ2) is 7.13. The maximum absolute atomic E-state index is 12.7. The Bertz CT molecular complexity index is 764. The number of amides is 2. The van der Waals surface area contributed by atoms with Gasteiger partial charge in [-0.1, -0.05) is 13.8 Å². The summed E-state index contributed by atoms with van der Waals surface area (Å²) >= 11 is 0. The summed E-state index contributed by atoms with van der Waals surface area (Å²) in [6.45, 7) is 4.73. The molecule has 3 rings (SSSR count). The van der Waals surface area contributed by atoms with E-state index < -0.39 is 11.8 Å². The molecule has 1 N–H and O–H groups in total. The summed E-state index contributed by atoms with van der Waals surface area (Å²) in [5, 5.41) is 6.60. The fraction of sp³-hybridized carbons (Fsp3) is 0.500. The molecule has 2 aromatic rings. The number of piperidine rings is 1. The molecule has 0 aromatic carbocycles. The van der Waals surface area contributed by atoms with Gasteiger partial charge in [0.25, 0.3) is 0 Å². The van der Waals surface area contributed by atoms with Crippen LogP contribution >= 0.6 is 0 Å². The minimum atomic E-state index is -0.644. The van der Waals surface area contributed by atoms with Crippen LogP contribution in [0, 0.1) is 5.92 Å². The number of nitrogens with zero attached hydrogens (tertiary/aromatic N) is 3. The van der Waals surface area contributed by atoms with Crippen molar-refractivity contribution in [2.24, 2.45) is 13.0 Å². The molecule has 1 saturated heterocycles. The van der Waals surface area contributed by atoms with E-state index >= 15 is 0 Å². The molecule has 134 valence electrons. The first-order chi connectivity index (χ1) is 12.0. The molecule has 25 heavy (non-hydrogen) atoms. The van der Waals surface area contributed by atoms with Crippen molar-refractivity contribution in [1.29, 1.82) is 0 Å². The van der Waals surface area contributed by atoms with Gasteiger partial charge in [0.2, 0.25) is 0 Å². The van der Waals surface area contributed by atoms with Crippen LogP contribution in [0.15, 0.2) is 28.9 Å². The van der Waals surface area contributed by atoms with Crippen molar-refractivity contribution in [3.05, 3.63) is 36.0 Å². The second-order valence-electron chi connectivity index (χ2n) is 6.66. The lowest BCUT2D eigenvalue weighted by atomic mass is 9.91. The largest absolute Gasteiger partial charge is 0.464 e. The zero-order chi connectivity index (χ0) is 18.0. The van der Waals surface area contributed by atoms with E-state index in [4.69, 9.17) is 4.42 Å². The average Bonchev–Trinajstić information content (AvgIpc) is 3.23. The smallest absolute Gasteiger partial charge is 0.314 e.